The van der Waals surface area contributed by atoms with Gasteiger partial charge in [0.1, 0.15) is 5.75 Å². The normalized spacial score (nSPS) is 10.3. The molecule has 0 spiro atoms. The van der Waals surface area contributed by atoms with Gasteiger partial charge < -0.3 is 10.1 Å². The number of benzene rings is 1. The van der Waals surface area contributed by atoms with Crippen LogP contribution >= 0.6 is 27.3 Å². The van der Waals surface area contributed by atoms with Crippen LogP contribution in [0.3, 0.4) is 0 Å². The average molecular weight is 341 g/mol. The molecule has 1 amide bonds. The van der Waals surface area contributed by atoms with E-state index >= 15 is 0 Å². The van der Waals surface area contributed by atoms with Crippen molar-refractivity contribution in [3.8, 4) is 5.75 Å². The summed E-state index contributed by atoms with van der Waals surface area (Å²) in [6.45, 7) is 2.43. The van der Waals surface area contributed by atoms with Gasteiger partial charge in [-0.25, -0.2) is 4.98 Å². The second-order valence-electron chi connectivity index (χ2n) is 3.89. The third-order valence-corrected chi connectivity index (χ3v) is 4.22. The Kier molecular flexibility index (Phi) is 4.55. The van der Waals surface area contributed by atoms with Crippen molar-refractivity contribution in [1.29, 1.82) is 0 Å². The third kappa shape index (κ3) is 3.33. The first kappa shape index (κ1) is 14.0. The molecule has 0 aliphatic carbocycles. The minimum Gasteiger partial charge on any atom is -0.496 e. The molecule has 0 saturated carbocycles. The van der Waals surface area contributed by atoms with E-state index in [4.69, 9.17) is 4.74 Å². The summed E-state index contributed by atoms with van der Waals surface area (Å²) in [4.78, 5) is 17.2. The van der Waals surface area contributed by atoms with Crippen molar-refractivity contribution in [1.82, 2.24) is 10.3 Å². The highest BCUT2D eigenvalue weighted by molar-refractivity contribution is 9.10. The largest absolute Gasteiger partial charge is 0.496 e. The summed E-state index contributed by atoms with van der Waals surface area (Å²) in [7, 11) is 1.59. The average Bonchev–Trinajstić information content (AvgIpc) is 2.81. The smallest absolute Gasteiger partial charge is 0.251 e. The zero-order valence-electron chi connectivity index (χ0n) is 10.6. The summed E-state index contributed by atoms with van der Waals surface area (Å²) in [6, 6.07) is 5.24. The first-order valence-corrected chi connectivity index (χ1v) is 7.29. The van der Waals surface area contributed by atoms with Crippen LogP contribution in [0, 0.1) is 6.92 Å². The second kappa shape index (κ2) is 6.16. The number of ether oxygens (including phenoxy) is 1. The first-order chi connectivity index (χ1) is 9.11. The molecule has 0 aliphatic heterocycles. The fourth-order valence-electron chi connectivity index (χ4n) is 1.57. The maximum absolute atomic E-state index is 12.0. The van der Waals surface area contributed by atoms with Crippen molar-refractivity contribution in [2.24, 2.45) is 0 Å². The van der Waals surface area contributed by atoms with Crippen LogP contribution in [0.2, 0.25) is 0 Å². The van der Waals surface area contributed by atoms with Crippen molar-refractivity contribution in [3.63, 3.8) is 0 Å². The molecule has 2 rings (SSSR count). The van der Waals surface area contributed by atoms with E-state index in [0.29, 0.717) is 17.9 Å². The lowest BCUT2D eigenvalue weighted by Crippen LogP contribution is -2.22. The van der Waals surface area contributed by atoms with Crippen molar-refractivity contribution in [3.05, 3.63) is 44.3 Å². The van der Waals surface area contributed by atoms with Crippen LogP contribution < -0.4 is 10.1 Å². The number of carbonyl (C=O) groups excluding carboxylic acids is 1. The molecule has 0 saturated heterocycles. The van der Waals surface area contributed by atoms with Gasteiger partial charge in [0, 0.05) is 10.4 Å². The Balaban J connectivity index is 2.04. The van der Waals surface area contributed by atoms with Gasteiger partial charge in [-0.1, -0.05) is 0 Å². The van der Waals surface area contributed by atoms with Crippen LogP contribution in [0.15, 0.2) is 28.2 Å². The highest BCUT2D eigenvalue weighted by Crippen LogP contribution is 2.25. The van der Waals surface area contributed by atoms with Crippen molar-refractivity contribution < 1.29 is 9.53 Å². The Morgan fingerprint density at radius 1 is 1.53 bits per heavy atom. The van der Waals surface area contributed by atoms with E-state index in [1.54, 1.807) is 42.2 Å². The van der Waals surface area contributed by atoms with E-state index in [2.05, 4.69) is 26.2 Å². The summed E-state index contributed by atoms with van der Waals surface area (Å²) in [5.74, 6) is 0.589. The summed E-state index contributed by atoms with van der Waals surface area (Å²) in [5, 5.41) is 2.88. The maximum atomic E-state index is 12.0. The van der Waals surface area contributed by atoms with E-state index < -0.39 is 0 Å². The number of rotatable bonds is 4. The number of thiazole rings is 1. The molecule has 0 aliphatic rings. The quantitative estimate of drug-likeness (QED) is 0.929. The molecule has 1 heterocycles. The molecule has 6 heteroatoms. The predicted octanol–water partition coefficient (Wildman–Crippen LogP) is 3.15. The number of hydrogen-bond acceptors (Lipinski definition) is 4. The third-order valence-electron chi connectivity index (χ3n) is 2.67. The van der Waals surface area contributed by atoms with Gasteiger partial charge >= 0.3 is 0 Å². The molecule has 19 heavy (non-hydrogen) atoms. The highest BCUT2D eigenvalue weighted by Gasteiger charge is 2.09. The van der Waals surface area contributed by atoms with Gasteiger partial charge in [0.2, 0.25) is 0 Å². The lowest BCUT2D eigenvalue weighted by molar-refractivity contribution is 0.0951. The lowest BCUT2D eigenvalue weighted by Gasteiger charge is -2.07. The van der Waals surface area contributed by atoms with E-state index in [1.165, 1.54) is 0 Å². The standard InChI is InChI=1S/C13H13BrN2O2S/c1-8-12(19-7-16-8)6-15-13(17)9-3-4-11(18-2)10(14)5-9/h3-5,7H,6H2,1-2H3,(H,15,17). The molecule has 0 atom stereocenters. The van der Waals surface area contributed by atoms with Gasteiger partial charge in [-0.3, -0.25) is 4.79 Å². The second-order valence-corrected chi connectivity index (χ2v) is 5.69. The van der Waals surface area contributed by atoms with Crippen LogP contribution in [0.1, 0.15) is 20.9 Å². The van der Waals surface area contributed by atoms with Crippen LogP contribution in [-0.4, -0.2) is 18.0 Å². The number of carbonyl (C=O) groups is 1. The summed E-state index contributed by atoms with van der Waals surface area (Å²) in [5.41, 5.74) is 3.33. The fourth-order valence-corrected chi connectivity index (χ4v) is 2.82. The minimum atomic E-state index is -0.115. The molecular weight excluding hydrogens is 328 g/mol. The van der Waals surface area contributed by atoms with Crippen molar-refractivity contribution in [2.45, 2.75) is 13.5 Å². The summed E-state index contributed by atoms with van der Waals surface area (Å²) >= 11 is 4.90. The van der Waals surface area contributed by atoms with E-state index in [-0.39, 0.29) is 5.91 Å². The minimum absolute atomic E-state index is 0.115. The molecule has 0 bridgehead atoms. The number of halogens is 1. The number of aryl methyl sites for hydroxylation is 1. The monoisotopic (exact) mass is 340 g/mol. The van der Waals surface area contributed by atoms with Gasteiger partial charge in [0.25, 0.3) is 5.91 Å². The SMILES string of the molecule is COc1ccc(C(=O)NCc2scnc2C)cc1Br. The topological polar surface area (TPSA) is 51.2 Å². The Labute approximate surface area is 124 Å². The van der Waals surface area contributed by atoms with E-state index in [9.17, 15) is 4.79 Å². The molecule has 4 nitrogen and oxygen atoms in total. The summed E-state index contributed by atoms with van der Waals surface area (Å²) in [6.07, 6.45) is 0. The molecule has 0 unspecified atom stereocenters. The Hall–Kier alpha value is -1.40. The number of methoxy groups -OCH3 is 1. The Morgan fingerprint density at radius 2 is 2.32 bits per heavy atom. The Morgan fingerprint density at radius 3 is 2.89 bits per heavy atom. The fraction of sp³-hybridized carbons (Fsp3) is 0.231. The zero-order valence-corrected chi connectivity index (χ0v) is 13.0. The molecule has 1 aromatic heterocycles. The highest BCUT2D eigenvalue weighted by atomic mass is 79.9. The van der Waals surface area contributed by atoms with Crippen LogP contribution in [0.5, 0.6) is 5.75 Å². The number of amides is 1. The van der Waals surface area contributed by atoms with Gasteiger partial charge in [0.05, 0.1) is 29.3 Å². The molecule has 100 valence electrons. The van der Waals surface area contributed by atoms with Gasteiger partial charge in [-0.15, -0.1) is 11.3 Å². The predicted molar refractivity (Wildman–Crippen MR) is 78.7 cm³/mol. The molecule has 1 aromatic carbocycles. The van der Waals surface area contributed by atoms with Crippen LogP contribution in [0.4, 0.5) is 0 Å². The number of nitrogens with one attached hydrogen (secondary N) is 1. The lowest BCUT2D eigenvalue weighted by atomic mass is 10.2. The van der Waals surface area contributed by atoms with E-state index in [1.807, 2.05) is 6.92 Å². The van der Waals surface area contributed by atoms with Gasteiger partial charge in [0.15, 0.2) is 0 Å². The maximum Gasteiger partial charge on any atom is 0.251 e. The number of aromatic nitrogens is 1. The molecule has 1 N–H and O–H groups in total. The molecule has 2 aromatic rings. The first-order valence-electron chi connectivity index (χ1n) is 5.62. The van der Waals surface area contributed by atoms with E-state index in [0.717, 1.165) is 15.0 Å². The van der Waals surface area contributed by atoms with Crippen molar-refractivity contribution >= 4 is 33.2 Å². The van der Waals surface area contributed by atoms with Crippen LogP contribution in [0.25, 0.3) is 0 Å². The summed E-state index contributed by atoms with van der Waals surface area (Å²) < 4.78 is 5.89. The molecule has 0 fully saturated rings. The number of nitrogens with zero attached hydrogens (tertiary/aromatic N) is 1. The van der Waals surface area contributed by atoms with Crippen molar-refractivity contribution in [2.75, 3.05) is 7.11 Å². The molecule has 0 radical (unpaired) electrons. The zero-order chi connectivity index (χ0) is 13.8. The van der Waals surface area contributed by atoms with Crippen LogP contribution in [-0.2, 0) is 6.54 Å². The van der Waals surface area contributed by atoms with Gasteiger partial charge in [-0.2, -0.15) is 0 Å². The molecular formula is C13H13BrN2O2S. The van der Waals surface area contributed by atoms with Gasteiger partial charge in [-0.05, 0) is 41.1 Å². The Bertz CT molecular complexity index is 598. The number of hydrogen-bond donors (Lipinski definition) is 1.